The molecule has 6 nitrogen and oxygen atoms in total. The monoisotopic (exact) mass is 287 g/mol. The molecular formula is C15H17N3O3. The summed E-state index contributed by atoms with van der Waals surface area (Å²) in [6.07, 6.45) is 2.57. The smallest absolute Gasteiger partial charge is 0.295 e. The number of aromatic nitrogens is 1. The maximum absolute atomic E-state index is 11.1. The number of nitrogens with zero attached hydrogens (tertiary/aromatic N) is 3. The van der Waals surface area contributed by atoms with Gasteiger partial charge in [-0.25, -0.2) is 4.98 Å². The molecule has 1 aromatic heterocycles. The maximum Gasteiger partial charge on any atom is 0.295 e. The third-order valence-electron chi connectivity index (χ3n) is 4.30. The molecule has 1 aliphatic heterocycles. The van der Waals surface area contributed by atoms with Crippen LogP contribution in [-0.4, -0.2) is 34.2 Å². The zero-order valence-electron chi connectivity index (χ0n) is 11.8. The van der Waals surface area contributed by atoms with Crippen molar-refractivity contribution in [2.75, 3.05) is 18.1 Å². The summed E-state index contributed by atoms with van der Waals surface area (Å²) < 4.78 is 0. The number of nitro benzene ring substituents is 1. The quantitative estimate of drug-likeness (QED) is 0.692. The number of nitro groups is 1. The second kappa shape index (κ2) is 5.29. The first-order valence-electron chi connectivity index (χ1n) is 7.03. The fraction of sp³-hybridized carbons (Fsp3) is 0.400. The summed E-state index contributed by atoms with van der Waals surface area (Å²) in [5.74, 6) is 0.400. The number of fused-ring (bicyclic) bond motifs is 1. The molecule has 2 aromatic rings. The van der Waals surface area contributed by atoms with Crippen molar-refractivity contribution in [2.45, 2.75) is 19.4 Å². The van der Waals surface area contributed by atoms with Crippen LogP contribution < -0.4 is 4.90 Å². The van der Waals surface area contributed by atoms with Crippen LogP contribution in [0.3, 0.4) is 0 Å². The standard InChI is InChI=1S/C15H17N3O3/c1-10-6-8-17(14(10)9-19)12-4-5-13(18(20)21)15-11(12)3-2-7-16-15/h2-5,7,10,14,19H,6,8-9H2,1H3. The number of non-ortho nitro benzene ring substituents is 1. The minimum absolute atomic E-state index is 0.0159. The molecule has 110 valence electrons. The van der Waals surface area contributed by atoms with E-state index in [0.29, 0.717) is 11.4 Å². The third-order valence-corrected chi connectivity index (χ3v) is 4.30. The zero-order valence-corrected chi connectivity index (χ0v) is 11.8. The Morgan fingerprint density at radius 3 is 3.00 bits per heavy atom. The number of pyridine rings is 1. The highest BCUT2D eigenvalue weighted by Gasteiger charge is 2.32. The average Bonchev–Trinajstić information content (AvgIpc) is 2.86. The summed E-state index contributed by atoms with van der Waals surface area (Å²) in [5, 5.41) is 21.5. The summed E-state index contributed by atoms with van der Waals surface area (Å²) in [6, 6.07) is 6.95. The van der Waals surface area contributed by atoms with E-state index < -0.39 is 4.92 Å². The molecule has 3 rings (SSSR count). The summed E-state index contributed by atoms with van der Waals surface area (Å²) in [4.78, 5) is 17.0. The van der Waals surface area contributed by atoms with E-state index in [4.69, 9.17) is 0 Å². The van der Waals surface area contributed by atoms with Gasteiger partial charge in [0.05, 0.1) is 17.6 Å². The van der Waals surface area contributed by atoms with Crippen LogP contribution >= 0.6 is 0 Å². The average molecular weight is 287 g/mol. The number of aliphatic hydroxyl groups excluding tert-OH is 1. The van der Waals surface area contributed by atoms with Gasteiger partial charge in [-0.2, -0.15) is 0 Å². The molecule has 0 radical (unpaired) electrons. The first-order chi connectivity index (χ1) is 10.1. The Bertz CT molecular complexity index is 689. The molecule has 0 saturated carbocycles. The number of hydrogen-bond donors (Lipinski definition) is 1. The highest BCUT2D eigenvalue weighted by molar-refractivity contribution is 5.97. The van der Waals surface area contributed by atoms with Crippen molar-refractivity contribution in [2.24, 2.45) is 5.92 Å². The van der Waals surface area contributed by atoms with Gasteiger partial charge in [0.15, 0.2) is 0 Å². The van der Waals surface area contributed by atoms with Crippen molar-refractivity contribution in [1.82, 2.24) is 4.98 Å². The molecular weight excluding hydrogens is 270 g/mol. The fourth-order valence-corrected chi connectivity index (χ4v) is 3.13. The van der Waals surface area contributed by atoms with Crippen LogP contribution in [0.25, 0.3) is 10.9 Å². The third kappa shape index (κ3) is 2.21. The van der Waals surface area contributed by atoms with Gasteiger partial charge in [-0.05, 0) is 30.5 Å². The number of hydrogen-bond acceptors (Lipinski definition) is 5. The Labute approximate surface area is 122 Å². The molecule has 1 fully saturated rings. The fourth-order valence-electron chi connectivity index (χ4n) is 3.13. The van der Waals surface area contributed by atoms with Gasteiger partial charge in [0.1, 0.15) is 5.52 Å². The lowest BCUT2D eigenvalue weighted by molar-refractivity contribution is -0.383. The van der Waals surface area contributed by atoms with Gasteiger partial charge < -0.3 is 10.0 Å². The molecule has 0 aliphatic carbocycles. The number of aliphatic hydroxyl groups is 1. The van der Waals surface area contributed by atoms with Crippen LogP contribution in [0.5, 0.6) is 0 Å². The minimum atomic E-state index is -0.407. The van der Waals surface area contributed by atoms with Crippen LogP contribution in [0.15, 0.2) is 30.5 Å². The Morgan fingerprint density at radius 1 is 1.48 bits per heavy atom. The molecule has 1 aliphatic rings. The predicted octanol–water partition coefficient (Wildman–Crippen LogP) is 2.35. The molecule has 21 heavy (non-hydrogen) atoms. The predicted molar refractivity (Wildman–Crippen MR) is 80.4 cm³/mol. The van der Waals surface area contributed by atoms with E-state index in [-0.39, 0.29) is 18.3 Å². The van der Waals surface area contributed by atoms with Crippen molar-refractivity contribution < 1.29 is 10.0 Å². The van der Waals surface area contributed by atoms with Gasteiger partial charge in [0.2, 0.25) is 0 Å². The Hall–Kier alpha value is -2.21. The van der Waals surface area contributed by atoms with E-state index in [1.807, 2.05) is 6.07 Å². The first-order valence-corrected chi connectivity index (χ1v) is 7.03. The number of anilines is 1. The van der Waals surface area contributed by atoms with Crippen molar-refractivity contribution >= 4 is 22.3 Å². The first kappa shape index (κ1) is 13.8. The Balaban J connectivity index is 2.16. The molecule has 1 saturated heterocycles. The SMILES string of the molecule is CC1CCN(c2ccc([N+](=O)[O-])c3ncccc23)C1CO. The molecule has 2 atom stereocenters. The van der Waals surface area contributed by atoms with Gasteiger partial charge in [-0.15, -0.1) is 0 Å². The van der Waals surface area contributed by atoms with Crippen molar-refractivity contribution in [1.29, 1.82) is 0 Å². The van der Waals surface area contributed by atoms with Crippen LogP contribution in [0.2, 0.25) is 0 Å². The van der Waals surface area contributed by atoms with E-state index in [1.54, 1.807) is 18.3 Å². The Kier molecular flexibility index (Phi) is 3.47. The highest BCUT2D eigenvalue weighted by Crippen LogP contribution is 2.36. The molecule has 0 bridgehead atoms. The van der Waals surface area contributed by atoms with Crippen LogP contribution in [0, 0.1) is 16.0 Å². The zero-order chi connectivity index (χ0) is 15.0. The van der Waals surface area contributed by atoms with Gasteiger partial charge in [-0.3, -0.25) is 10.1 Å². The van der Waals surface area contributed by atoms with Crippen LogP contribution in [-0.2, 0) is 0 Å². The normalized spacial score (nSPS) is 21.9. The van der Waals surface area contributed by atoms with E-state index in [1.165, 1.54) is 6.07 Å². The largest absolute Gasteiger partial charge is 0.394 e. The summed E-state index contributed by atoms with van der Waals surface area (Å²) in [6.45, 7) is 3.04. The molecule has 1 N–H and O–H groups in total. The van der Waals surface area contributed by atoms with Crippen LogP contribution in [0.1, 0.15) is 13.3 Å². The van der Waals surface area contributed by atoms with Gasteiger partial charge in [0.25, 0.3) is 5.69 Å². The lowest BCUT2D eigenvalue weighted by Gasteiger charge is -2.28. The van der Waals surface area contributed by atoms with E-state index in [0.717, 1.165) is 24.0 Å². The second-order valence-electron chi connectivity index (χ2n) is 5.47. The maximum atomic E-state index is 11.1. The second-order valence-corrected chi connectivity index (χ2v) is 5.47. The van der Waals surface area contributed by atoms with Crippen molar-refractivity contribution in [3.8, 4) is 0 Å². The minimum Gasteiger partial charge on any atom is -0.394 e. The van der Waals surface area contributed by atoms with Crippen molar-refractivity contribution in [3.63, 3.8) is 0 Å². The summed E-state index contributed by atoms with van der Waals surface area (Å²) in [5.41, 5.74) is 1.32. The lowest BCUT2D eigenvalue weighted by atomic mass is 10.0. The molecule has 0 amide bonds. The van der Waals surface area contributed by atoms with E-state index in [9.17, 15) is 15.2 Å². The highest BCUT2D eigenvalue weighted by atomic mass is 16.6. The Morgan fingerprint density at radius 2 is 2.29 bits per heavy atom. The molecule has 0 spiro atoms. The van der Waals surface area contributed by atoms with Gasteiger partial charge >= 0.3 is 0 Å². The van der Waals surface area contributed by atoms with Crippen LogP contribution in [0.4, 0.5) is 11.4 Å². The van der Waals surface area contributed by atoms with Crippen molar-refractivity contribution in [3.05, 3.63) is 40.6 Å². The molecule has 2 unspecified atom stereocenters. The van der Waals surface area contributed by atoms with E-state index >= 15 is 0 Å². The molecule has 6 heteroatoms. The molecule has 2 heterocycles. The summed E-state index contributed by atoms with van der Waals surface area (Å²) >= 11 is 0. The number of rotatable bonds is 3. The van der Waals surface area contributed by atoms with E-state index in [2.05, 4.69) is 16.8 Å². The number of benzene rings is 1. The van der Waals surface area contributed by atoms with Gasteiger partial charge in [0, 0.05) is 29.9 Å². The molecule has 1 aromatic carbocycles. The topological polar surface area (TPSA) is 79.5 Å². The summed E-state index contributed by atoms with van der Waals surface area (Å²) in [7, 11) is 0. The lowest BCUT2D eigenvalue weighted by Crippen LogP contribution is -2.35. The van der Waals surface area contributed by atoms with Gasteiger partial charge in [-0.1, -0.05) is 6.92 Å².